The van der Waals surface area contributed by atoms with E-state index in [1.54, 1.807) is 4.90 Å². The predicted octanol–water partition coefficient (Wildman–Crippen LogP) is 2.34. The van der Waals surface area contributed by atoms with Gasteiger partial charge in [-0.3, -0.25) is 20.0 Å². The van der Waals surface area contributed by atoms with E-state index in [0.717, 1.165) is 32.1 Å². The van der Waals surface area contributed by atoms with E-state index in [-0.39, 0.29) is 17.5 Å². The molecule has 0 radical (unpaired) electrons. The van der Waals surface area contributed by atoms with E-state index in [1.807, 2.05) is 20.8 Å². The van der Waals surface area contributed by atoms with Gasteiger partial charge >= 0.3 is 11.8 Å². The molecule has 2 rings (SSSR count). The highest BCUT2D eigenvalue weighted by Crippen LogP contribution is 2.28. The Hall–Kier alpha value is -2.22. The highest BCUT2D eigenvalue weighted by molar-refractivity contribution is 5.73. The van der Waals surface area contributed by atoms with E-state index in [1.165, 1.54) is 12.3 Å². The van der Waals surface area contributed by atoms with E-state index >= 15 is 0 Å². The molecule has 8 nitrogen and oxygen atoms in total. The molecule has 0 saturated carbocycles. The molecule has 1 aliphatic rings. The lowest BCUT2D eigenvalue weighted by atomic mass is 9.98. The molecule has 126 valence electrons. The van der Waals surface area contributed by atoms with E-state index in [9.17, 15) is 14.9 Å². The molecular formula is C15H22N4O4. The van der Waals surface area contributed by atoms with Gasteiger partial charge in [0.25, 0.3) is 0 Å². The van der Waals surface area contributed by atoms with Crippen LogP contribution in [0.5, 0.6) is 5.75 Å². The van der Waals surface area contributed by atoms with Crippen LogP contribution >= 0.6 is 0 Å². The van der Waals surface area contributed by atoms with Crippen LogP contribution in [0.1, 0.15) is 33.6 Å². The van der Waals surface area contributed by atoms with Crippen LogP contribution in [-0.2, 0) is 0 Å². The van der Waals surface area contributed by atoms with Crippen molar-refractivity contribution in [3.8, 4) is 5.75 Å². The lowest BCUT2D eigenvalue weighted by Crippen LogP contribution is -2.55. The summed E-state index contributed by atoms with van der Waals surface area (Å²) in [6.07, 6.45) is 3.52. The molecule has 2 heterocycles. The predicted molar refractivity (Wildman–Crippen MR) is 84.4 cm³/mol. The van der Waals surface area contributed by atoms with Gasteiger partial charge in [0, 0.05) is 23.8 Å². The first-order valence-corrected chi connectivity index (χ1v) is 7.61. The molecule has 23 heavy (non-hydrogen) atoms. The largest absolute Gasteiger partial charge is 0.416 e. The fraction of sp³-hybridized carbons (Fsp3) is 0.600. The molecule has 0 aromatic carbocycles. The lowest BCUT2D eigenvalue weighted by Gasteiger charge is -2.42. The van der Waals surface area contributed by atoms with Crippen molar-refractivity contribution in [2.45, 2.75) is 45.2 Å². The van der Waals surface area contributed by atoms with Crippen molar-refractivity contribution < 1.29 is 14.5 Å². The van der Waals surface area contributed by atoms with Crippen molar-refractivity contribution >= 4 is 11.8 Å². The van der Waals surface area contributed by atoms with Gasteiger partial charge in [0.1, 0.15) is 6.20 Å². The number of carbonyl (C=O) groups excluding carboxylic acids is 1. The third-order valence-corrected chi connectivity index (χ3v) is 3.75. The minimum absolute atomic E-state index is 0.0460. The number of nitrogens with zero attached hydrogens (tertiary/aromatic N) is 3. The second-order valence-corrected chi connectivity index (χ2v) is 6.49. The molecule has 1 aliphatic heterocycles. The fourth-order valence-electron chi connectivity index (χ4n) is 2.78. The summed E-state index contributed by atoms with van der Waals surface area (Å²) < 4.78 is 5.33. The quantitative estimate of drug-likeness (QED) is 0.677. The van der Waals surface area contributed by atoms with Crippen LogP contribution in [-0.4, -0.2) is 45.6 Å². The lowest BCUT2D eigenvalue weighted by molar-refractivity contribution is -0.386. The summed E-state index contributed by atoms with van der Waals surface area (Å²) >= 11 is 0. The van der Waals surface area contributed by atoms with E-state index in [4.69, 9.17) is 4.74 Å². The zero-order valence-electron chi connectivity index (χ0n) is 13.6. The Morgan fingerprint density at radius 3 is 2.65 bits per heavy atom. The molecule has 0 unspecified atom stereocenters. The van der Waals surface area contributed by atoms with Crippen LogP contribution in [0.15, 0.2) is 18.5 Å². The highest BCUT2D eigenvalue weighted by Gasteiger charge is 2.36. The first-order chi connectivity index (χ1) is 10.8. The SMILES string of the molecule is CC(C)(C)N(C(=O)Oc1ccncc1[N+](=O)[O-])C1CCNCC1. The van der Waals surface area contributed by atoms with Gasteiger partial charge in [-0.25, -0.2) is 4.79 Å². The molecule has 1 aromatic heterocycles. The average molecular weight is 322 g/mol. The maximum atomic E-state index is 12.7. The monoisotopic (exact) mass is 322 g/mol. The zero-order valence-corrected chi connectivity index (χ0v) is 13.6. The molecule has 0 aliphatic carbocycles. The number of amides is 1. The maximum absolute atomic E-state index is 12.7. The Morgan fingerprint density at radius 2 is 2.09 bits per heavy atom. The summed E-state index contributed by atoms with van der Waals surface area (Å²) in [5, 5.41) is 14.3. The number of nitro groups is 1. The number of pyridine rings is 1. The van der Waals surface area contributed by atoms with Crippen LogP contribution in [0.4, 0.5) is 10.5 Å². The number of aromatic nitrogens is 1. The summed E-state index contributed by atoms with van der Waals surface area (Å²) in [6.45, 7) is 7.45. The normalized spacial score (nSPS) is 16.0. The van der Waals surface area contributed by atoms with E-state index < -0.39 is 16.6 Å². The van der Waals surface area contributed by atoms with Crippen molar-refractivity contribution in [1.29, 1.82) is 0 Å². The van der Waals surface area contributed by atoms with Crippen molar-refractivity contribution in [3.63, 3.8) is 0 Å². The average Bonchev–Trinajstić information content (AvgIpc) is 2.47. The number of ether oxygens (including phenoxy) is 1. The molecular weight excluding hydrogens is 300 g/mol. The van der Waals surface area contributed by atoms with Gasteiger partial charge in [-0.15, -0.1) is 0 Å². The van der Waals surface area contributed by atoms with Gasteiger partial charge in [-0.05, 0) is 46.7 Å². The van der Waals surface area contributed by atoms with Crippen LogP contribution in [0.3, 0.4) is 0 Å². The number of hydrogen-bond donors (Lipinski definition) is 1. The summed E-state index contributed by atoms with van der Waals surface area (Å²) in [5.41, 5.74) is -0.763. The first kappa shape index (κ1) is 17.1. The van der Waals surface area contributed by atoms with Crippen molar-refractivity contribution in [3.05, 3.63) is 28.6 Å². The van der Waals surface area contributed by atoms with Crippen molar-refractivity contribution in [1.82, 2.24) is 15.2 Å². The molecule has 1 saturated heterocycles. The van der Waals surface area contributed by atoms with E-state index in [2.05, 4.69) is 10.3 Å². The molecule has 8 heteroatoms. The smallest absolute Gasteiger partial charge is 0.403 e. The number of nitrogens with one attached hydrogen (secondary N) is 1. The maximum Gasteiger partial charge on any atom is 0.416 e. The Balaban J connectivity index is 2.23. The van der Waals surface area contributed by atoms with Crippen LogP contribution < -0.4 is 10.1 Å². The van der Waals surface area contributed by atoms with Gasteiger partial charge in [0.15, 0.2) is 0 Å². The first-order valence-electron chi connectivity index (χ1n) is 7.61. The van der Waals surface area contributed by atoms with Gasteiger partial charge < -0.3 is 10.1 Å². The van der Waals surface area contributed by atoms with Gasteiger partial charge in [0.05, 0.1) is 4.92 Å². The van der Waals surface area contributed by atoms with E-state index in [0.29, 0.717) is 0 Å². The number of carbonyl (C=O) groups is 1. The van der Waals surface area contributed by atoms with Crippen molar-refractivity contribution in [2.75, 3.05) is 13.1 Å². The number of hydrogen-bond acceptors (Lipinski definition) is 6. The van der Waals surface area contributed by atoms with Crippen LogP contribution in [0.2, 0.25) is 0 Å². The molecule has 1 N–H and O–H groups in total. The Bertz CT molecular complexity index is 579. The summed E-state index contributed by atoms with van der Waals surface area (Å²) in [7, 11) is 0. The minimum atomic E-state index is -0.610. The molecule has 0 atom stereocenters. The Labute approximate surface area is 135 Å². The van der Waals surface area contributed by atoms with Crippen LogP contribution in [0, 0.1) is 10.1 Å². The van der Waals surface area contributed by atoms with Gasteiger partial charge in [0.2, 0.25) is 5.75 Å². The van der Waals surface area contributed by atoms with Gasteiger partial charge in [-0.1, -0.05) is 0 Å². The topological polar surface area (TPSA) is 97.6 Å². The van der Waals surface area contributed by atoms with Crippen molar-refractivity contribution in [2.24, 2.45) is 0 Å². The van der Waals surface area contributed by atoms with Gasteiger partial charge in [-0.2, -0.15) is 0 Å². The Morgan fingerprint density at radius 1 is 1.43 bits per heavy atom. The van der Waals surface area contributed by atoms with Crippen LogP contribution in [0.25, 0.3) is 0 Å². The number of rotatable bonds is 3. The molecule has 1 fully saturated rings. The minimum Gasteiger partial charge on any atom is -0.403 e. The second kappa shape index (κ2) is 6.91. The summed E-state index contributed by atoms with van der Waals surface area (Å²) in [5.74, 6) is -0.0850. The molecule has 0 bridgehead atoms. The third kappa shape index (κ3) is 4.16. The molecule has 1 amide bonds. The second-order valence-electron chi connectivity index (χ2n) is 6.49. The molecule has 0 spiro atoms. The summed E-state index contributed by atoms with van der Waals surface area (Å²) in [6, 6.07) is 1.38. The fourth-order valence-corrected chi connectivity index (χ4v) is 2.78. The number of piperidine rings is 1. The third-order valence-electron chi connectivity index (χ3n) is 3.75. The zero-order chi connectivity index (χ0) is 17.0. The standard InChI is InChI=1S/C15H22N4O4/c1-15(2,3)18(11-4-7-16-8-5-11)14(20)23-13-6-9-17-10-12(13)19(21)22/h6,9-11,16H,4-5,7-8H2,1-3H3. The summed E-state index contributed by atoms with van der Waals surface area (Å²) in [4.78, 5) is 28.5. The highest BCUT2D eigenvalue weighted by atomic mass is 16.6. The molecule has 1 aromatic rings. The Kier molecular flexibility index (Phi) is 5.15.